The third-order valence-electron chi connectivity index (χ3n) is 8.28. The molecule has 9 heteroatoms. The number of carbonyl (C=O) groups is 3. The van der Waals surface area contributed by atoms with Crippen LogP contribution in [-0.4, -0.2) is 66.6 Å². The van der Waals surface area contributed by atoms with Crippen LogP contribution in [0.4, 0.5) is 0 Å². The van der Waals surface area contributed by atoms with E-state index in [9.17, 15) is 19.5 Å². The molecule has 0 aliphatic rings. The highest BCUT2D eigenvalue weighted by Gasteiger charge is 2.23. The summed E-state index contributed by atoms with van der Waals surface area (Å²) in [5, 5.41) is 17.7. The lowest BCUT2D eigenvalue weighted by Gasteiger charge is -2.25. The SMILES string of the molecule is CCCN(CCC)C(=O)Cc1cc(CC(N)=O)cc(CC(=O)N[C@@H](Cc2ccc(C(C)C)cc2)[C@H](O)CNCc2cccc(OC)c2)c1. The lowest BCUT2D eigenvalue weighted by atomic mass is 9.96. The van der Waals surface area contributed by atoms with Crippen LogP contribution in [0.2, 0.25) is 0 Å². The molecule has 5 N–H and O–H groups in total. The van der Waals surface area contributed by atoms with Gasteiger partial charge in [-0.15, -0.1) is 0 Å². The quantitative estimate of drug-likeness (QED) is 0.142. The first-order valence-electron chi connectivity index (χ1n) is 17.1. The highest BCUT2D eigenvalue weighted by molar-refractivity contribution is 5.81. The minimum Gasteiger partial charge on any atom is -0.497 e. The van der Waals surface area contributed by atoms with E-state index in [2.05, 4.69) is 36.6 Å². The van der Waals surface area contributed by atoms with E-state index >= 15 is 0 Å². The van der Waals surface area contributed by atoms with Crippen molar-refractivity contribution in [2.24, 2.45) is 5.73 Å². The molecule has 0 heterocycles. The van der Waals surface area contributed by atoms with Crippen molar-refractivity contribution in [1.82, 2.24) is 15.5 Å². The zero-order valence-electron chi connectivity index (χ0n) is 29.3. The summed E-state index contributed by atoms with van der Waals surface area (Å²) in [6, 6.07) is 20.9. The van der Waals surface area contributed by atoms with E-state index in [1.165, 1.54) is 5.56 Å². The maximum absolute atomic E-state index is 13.5. The molecule has 0 aromatic heterocycles. The largest absolute Gasteiger partial charge is 0.497 e. The highest BCUT2D eigenvalue weighted by Crippen LogP contribution is 2.18. The maximum Gasteiger partial charge on any atom is 0.226 e. The van der Waals surface area contributed by atoms with Gasteiger partial charge in [-0.2, -0.15) is 0 Å². The van der Waals surface area contributed by atoms with E-state index in [0.717, 1.165) is 35.3 Å². The number of aliphatic hydroxyl groups is 1. The van der Waals surface area contributed by atoms with Crippen LogP contribution in [0, 0.1) is 0 Å². The number of rotatable bonds is 20. The fourth-order valence-electron chi connectivity index (χ4n) is 5.84. The molecule has 0 unspecified atom stereocenters. The number of aliphatic hydroxyl groups excluding tert-OH is 1. The van der Waals surface area contributed by atoms with E-state index in [1.807, 2.05) is 67.3 Å². The van der Waals surface area contributed by atoms with Crippen LogP contribution in [0.15, 0.2) is 66.7 Å². The standard InChI is InChI=1S/C39H54N4O5/c1-6-15-43(16-7-2)39(47)24-32-18-30(22-37(40)45)17-31(19-32)23-38(46)42-35(21-28-11-13-33(14-12-28)27(3)4)36(44)26-41-25-29-9-8-10-34(20-29)48-5/h8-14,17-20,27,35-36,41,44H,6-7,15-16,21-26H2,1-5H3,(H2,40,45)(H,42,46)/t35-,36+/m0/s1. The third kappa shape index (κ3) is 12.8. The molecule has 0 saturated carbocycles. The van der Waals surface area contributed by atoms with Gasteiger partial charge < -0.3 is 31.1 Å². The molecule has 260 valence electrons. The zero-order chi connectivity index (χ0) is 35.1. The van der Waals surface area contributed by atoms with Gasteiger partial charge in [0.2, 0.25) is 17.7 Å². The molecule has 0 aliphatic heterocycles. The van der Waals surface area contributed by atoms with Crippen molar-refractivity contribution in [2.75, 3.05) is 26.7 Å². The van der Waals surface area contributed by atoms with Gasteiger partial charge >= 0.3 is 0 Å². The number of carbonyl (C=O) groups excluding carboxylic acids is 3. The van der Waals surface area contributed by atoms with Crippen molar-refractivity contribution in [3.8, 4) is 5.75 Å². The minimum atomic E-state index is -0.873. The van der Waals surface area contributed by atoms with Gasteiger partial charge in [0, 0.05) is 26.2 Å². The number of hydrogen-bond donors (Lipinski definition) is 4. The van der Waals surface area contributed by atoms with Crippen LogP contribution in [-0.2, 0) is 46.6 Å². The molecule has 48 heavy (non-hydrogen) atoms. The number of hydrogen-bond acceptors (Lipinski definition) is 6. The van der Waals surface area contributed by atoms with E-state index < -0.39 is 18.1 Å². The summed E-state index contributed by atoms with van der Waals surface area (Å²) in [4.78, 5) is 40.3. The molecule has 0 saturated heterocycles. The van der Waals surface area contributed by atoms with Gasteiger partial charge in [-0.05, 0) is 70.7 Å². The molecule has 9 nitrogen and oxygen atoms in total. The zero-order valence-corrected chi connectivity index (χ0v) is 29.3. The van der Waals surface area contributed by atoms with Crippen LogP contribution in [0.1, 0.15) is 79.8 Å². The second-order valence-corrected chi connectivity index (χ2v) is 12.9. The minimum absolute atomic E-state index is 0.0109. The number of benzene rings is 3. The summed E-state index contributed by atoms with van der Waals surface area (Å²) < 4.78 is 5.32. The number of nitrogens with two attached hydrogens (primary N) is 1. The van der Waals surface area contributed by atoms with Crippen molar-refractivity contribution >= 4 is 17.7 Å². The van der Waals surface area contributed by atoms with E-state index in [1.54, 1.807) is 13.2 Å². The summed E-state index contributed by atoms with van der Waals surface area (Å²) in [5.74, 6) is 0.418. The Kier molecular flexibility index (Phi) is 15.6. The Labute approximate surface area is 286 Å². The molecule has 0 aliphatic carbocycles. The number of methoxy groups -OCH3 is 1. The molecule has 3 amide bonds. The molecular formula is C39H54N4O5. The van der Waals surface area contributed by atoms with Gasteiger partial charge in [-0.3, -0.25) is 14.4 Å². The highest BCUT2D eigenvalue weighted by atomic mass is 16.5. The fraction of sp³-hybridized carbons (Fsp3) is 0.462. The lowest BCUT2D eigenvalue weighted by molar-refractivity contribution is -0.130. The maximum atomic E-state index is 13.5. The first kappa shape index (κ1) is 38.2. The first-order chi connectivity index (χ1) is 23.0. The number of nitrogens with one attached hydrogen (secondary N) is 2. The smallest absolute Gasteiger partial charge is 0.226 e. The van der Waals surface area contributed by atoms with Gasteiger partial charge in [0.1, 0.15) is 5.75 Å². The Morgan fingerprint density at radius 2 is 1.46 bits per heavy atom. The first-order valence-corrected chi connectivity index (χ1v) is 17.1. The molecule has 0 bridgehead atoms. The number of amides is 3. The van der Waals surface area contributed by atoms with Crippen molar-refractivity contribution in [3.63, 3.8) is 0 Å². The predicted octanol–water partition coefficient (Wildman–Crippen LogP) is 4.46. The van der Waals surface area contributed by atoms with E-state index in [4.69, 9.17) is 10.5 Å². The van der Waals surface area contributed by atoms with E-state index in [-0.39, 0.29) is 37.6 Å². The topological polar surface area (TPSA) is 134 Å². The summed E-state index contributed by atoms with van der Waals surface area (Å²) in [5.41, 5.74) is 10.8. The van der Waals surface area contributed by atoms with E-state index in [0.29, 0.717) is 43.1 Å². The van der Waals surface area contributed by atoms with Gasteiger partial charge in [0.15, 0.2) is 0 Å². The van der Waals surface area contributed by atoms with Crippen LogP contribution in [0.25, 0.3) is 0 Å². The molecule has 0 spiro atoms. The van der Waals surface area contributed by atoms with Crippen molar-refractivity contribution in [3.05, 3.63) is 100 Å². The number of primary amides is 1. The molecule has 3 rings (SSSR count). The molecular weight excluding hydrogens is 604 g/mol. The number of nitrogens with zero attached hydrogens (tertiary/aromatic N) is 1. The average molecular weight is 659 g/mol. The fourth-order valence-corrected chi connectivity index (χ4v) is 5.84. The van der Waals surface area contributed by atoms with Gasteiger partial charge in [0.05, 0.1) is 38.5 Å². The van der Waals surface area contributed by atoms with Gasteiger partial charge in [-0.1, -0.05) is 82.3 Å². The van der Waals surface area contributed by atoms with Crippen molar-refractivity contribution in [1.29, 1.82) is 0 Å². The second kappa shape index (κ2) is 19.6. The van der Waals surface area contributed by atoms with Crippen LogP contribution in [0.5, 0.6) is 5.75 Å². The second-order valence-electron chi connectivity index (χ2n) is 12.9. The predicted molar refractivity (Wildman–Crippen MR) is 191 cm³/mol. The van der Waals surface area contributed by atoms with Crippen LogP contribution in [0.3, 0.4) is 0 Å². The lowest BCUT2D eigenvalue weighted by Crippen LogP contribution is -2.49. The van der Waals surface area contributed by atoms with Crippen LogP contribution >= 0.6 is 0 Å². The Morgan fingerprint density at radius 1 is 0.833 bits per heavy atom. The van der Waals surface area contributed by atoms with Crippen LogP contribution < -0.4 is 21.1 Å². The van der Waals surface area contributed by atoms with Gasteiger partial charge in [-0.25, -0.2) is 0 Å². The van der Waals surface area contributed by atoms with Gasteiger partial charge in [0.25, 0.3) is 0 Å². The molecule has 0 radical (unpaired) electrons. The Morgan fingerprint density at radius 3 is 2.04 bits per heavy atom. The van der Waals surface area contributed by atoms with Crippen molar-refractivity contribution < 1.29 is 24.2 Å². The van der Waals surface area contributed by atoms with Crippen molar-refractivity contribution in [2.45, 2.75) is 90.8 Å². The average Bonchev–Trinajstić information content (AvgIpc) is 3.04. The summed E-state index contributed by atoms with van der Waals surface area (Å²) in [6.45, 7) is 10.5. The molecule has 2 atom stereocenters. The summed E-state index contributed by atoms with van der Waals surface area (Å²) >= 11 is 0. The Balaban J connectivity index is 1.77. The monoisotopic (exact) mass is 658 g/mol. The normalized spacial score (nSPS) is 12.4. The molecule has 0 fully saturated rings. The molecule has 3 aromatic rings. The summed E-state index contributed by atoms with van der Waals surface area (Å²) in [7, 11) is 1.63. The Hall–Kier alpha value is -4.21. The Bertz CT molecular complexity index is 1470. The third-order valence-corrected chi connectivity index (χ3v) is 8.28. The number of ether oxygens (including phenoxy) is 1. The molecule has 3 aromatic carbocycles. The summed E-state index contributed by atoms with van der Waals surface area (Å²) in [6.07, 6.45) is 1.51.